The fraction of sp³-hybridized carbons (Fsp3) is 0.111. The lowest BCUT2D eigenvalue weighted by Gasteiger charge is -2.22. The fourth-order valence-corrected chi connectivity index (χ4v) is 5.07. The van der Waals surface area contributed by atoms with E-state index in [0.717, 1.165) is 21.6 Å². The summed E-state index contributed by atoms with van der Waals surface area (Å²) in [6.45, 7) is 4.55. The monoisotopic (exact) mass is 394 g/mol. The average Bonchev–Trinajstić information content (AvgIpc) is 3.22. The number of hydrogen-bond donors (Lipinski definition) is 0. The van der Waals surface area contributed by atoms with Gasteiger partial charge in [0.25, 0.3) is 0 Å². The Morgan fingerprint density at radius 1 is 0.759 bits per heavy atom. The Bertz CT molecular complexity index is 1420. The molecular weight excluding hydrogens is 376 g/mol. The molecule has 0 amide bonds. The van der Waals surface area contributed by atoms with Gasteiger partial charge in [-0.15, -0.1) is 0 Å². The van der Waals surface area contributed by atoms with Gasteiger partial charge in [0, 0.05) is 26.8 Å². The lowest BCUT2D eigenvalue weighted by Crippen LogP contribution is -2.15. The van der Waals surface area contributed by atoms with Crippen molar-refractivity contribution < 1.29 is 4.42 Å². The summed E-state index contributed by atoms with van der Waals surface area (Å²) in [6, 6.07) is 27.5. The highest BCUT2D eigenvalue weighted by atomic mass is 35.5. The van der Waals surface area contributed by atoms with E-state index in [0.29, 0.717) is 0 Å². The van der Waals surface area contributed by atoms with Crippen LogP contribution in [0.2, 0.25) is 5.02 Å². The molecule has 0 saturated heterocycles. The quantitative estimate of drug-likeness (QED) is 0.279. The van der Waals surface area contributed by atoms with Crippen molar-refractivity contribution in [1.82, 2.24) is 0 Å². The number of benzene rings is 4. The van der Waals surface area contributed by atoms with Crippen molar-refractivity contribution >= 4 is 33.5 Å². The van der Waals surface area contributed by atoms with Gasteiger partial charge in [-0.25, -0.2) is 0 Å². The molecule has 0 bridgehead atoms. The zero-order chi connectivity index (χ0) is 19.8. The molecule has 140 valence electrons. The van der Waals surface area contributed by atoms with Gasteiger partial charge in [0.05, 0.1) is 0 Å². The fourth-order valence-electron chi connectivity index (χ4n) is 4.90. The third-order valence-electron chi connectivity index (χ3n) is 6.33. The summed E-state index contributed by atoms with van der Waals surface area (Å²) >= 11 is 6.38. The van der Waals surface area contributed by atoms with Crippen LogP contribution in [0.3, 0.4) is 0 Å². The zero-order valence-corrected chi connectivity index (χ0v) is 17.0. The molecule has 0 radical (unpaired) electrons. The van der Waals surface area contributed by atoms with Crippen LogP contribution in [0.25, 0.3) is 44.2 Å². The van der Waals surface area contributed by atoms with Crippen LogP contribution in [0.1, 0.15) is 25.0 Å². The molecule has 4 aromatic carbocycles. The third-order valence-corrected chi connectivity index (χ3v) is 6.57. The van der Waals surface area contributed by atoms with E-state index in [9.17, 15) is 0 Å². The van der Waals surface area contributed by atoms with E-state index < -0.39 is 0 Å². The van der Waals surface area contributed by atoms with Crippen LogP contribution in [0.5, 0.6) is 0 Å². The highest BCUT2D eigenvalue weighted by Crippen LogP contribution is 2.55. The largest absolute Gasteiger partial charge is 0.455 e. The lowest BCUT2D eigenvalue weighted by molar-refractivity contribution is 0.653. The van der Waals surface area contributed by atoms with Crippen LogP contribution in [-0.4, -0.2) is 0 Å². The summed E-state index contributed by atoms with van der Waals surface area (Å²) in [6.07, 6.45) is 0. The van der Waals surface area contributed by atoms with Gasteiger partial charge < -0.3 is 4.42 Å². The van der Waals surface area contributed by atoms with E-state index in [2.05, 4.69) is 80.6 Å². The van der Waals surface area contributed by atoms with E-state index in [4.69, 9.17) is 16.0 Å². The second-order valence-corrected chi connectivity index (χ2v) is 8.77. The van der Waals surface area contributed by atoms with Gasteiger partial charge >= 0.3 is 0 Å². The number of para-hydroxylation sites is 1. The number of halogens is 1. The Morgan fingerprint density at radius 2 is 1.52 bits per heavy atom. The van der Waals surface area contributed by atoms with E-state index in [1.807, 2.05) is 12.1 Å². The van der Waals surface area contributed by atoms with Crippen molar-refractivity contribution in [3.05, 3.63) is 95.0 Å². The maximum absolute atomic E-state index is 6.50. The van der Waals surface area contributed by atoms with E-state index in [1.165, 1.54) is 38.8 Å². The number of furan rings is 1. The second kappa shape index (κ2) is 5.75. The Labute approximate surface area is 174 Å². The van der Waals surface area contributed by atoms with Crippen molar-refractivity contribution in [2.45, 2.75) is 19.3 Å². The van der Waals surface area contributed by atoms with Crippen molar-refractivity contribution in [3.8, 4) is 22.3 Å². The van der Waals surface area contributed by atoms with Gasteiger partial charge in [-0.05, 0) is 52.1 Å². The molecule has 0 aliphatic heterocycles. The highest BCUT2D eigenvalue weighted by Gasteiger charge is 2.38. The first-order valence-corrected chi connectivity index (χ1v) is 10.3. The predicted octanol–water partition coefficient (Wildman–Crippen LogP) is 8.21. The molecule has 0 saturated carbocycles. The normalized spacial score (nSPS) is 14.3. The molecule has 1 aliphatic carbocycles. The first-order valence-electron chi connectivity index (χ1n) is 9.90. The molecule has 0 atom stereocenters. The first kappa shape index (κ1) is 16.9. The van der Waals surface area contributed by atoms with Crippen molar-refractivity contribution in [1.29, 1.82) is 0 Å². The van der Waals surface area contributed by atoms with Crippen LogP contribution in [0.4, 0.5) is 0 Å². The highest BCUT2D eigenvalue weighted by molar-refractivity contribution is 6.31. The van der Waals surface area contributed by atoms with Crippen LogP contribution < -0.4 is 0 Å². The van der Waals surface area contributed by atoms with Crippen LogP contribution in [0, 0.1) is 0 Å². The standard InChI is InChI=1S/C27H19ClO/c1-27(2)21-14-17(28)12-13-18(21)25-22(27)15-20(16-8-4-3-5-9-16)24-19-10-6-7-11-23(19)29-26(24)25/h3-15H,1-2H3. The molecular formula is C27H19ClO. The maximum Gasteiger partial charge on any atom is 0.144 e. The summed E-state index contributed by atoms with van der Waals surface area (Å²) in [4.78, 5) is 0. The van der Waals surface area contributed by atoms with Crippen LogP contribution >= 0.6 is 11.6 Å². The number of rotatable bonds is 1. The van der Waals surface area contributed by atoms with Gasteiger partial charge in [-0.2, -0.15) is 0 Å². The minimum atomic E-state index is -0.147. The van der Waals surface area contributed by atoms with Crippen molar-refractivity contribution in [3.63, 3.8) is 0 Å². The molecule has 1 aromatic heterocycles. The molecule has 5 aromatic rings. The minimum Gasteiger partial charge on any atom is -0.455 e. The van der Waals surface area contributed by atoms with Gasteiger partial charge in [0.1, 0.15) is 11.2 Å². The van der Waals surface area contributed by atoms with Crippen molar-refractivity contribution in [2.24, 2.45) is 0 Å². The van der Waals surface area contributed by atoms with E-state index in [1.54, 1.807) is 0 Å². The predicted molar refractivity (Wildman–Crippen MR) is 122 cm³/mol. The van der Waals surface area contributed by atoms with Crippen LogP contribution in [0.15, 0.2) is 83.3 Å². The summed E-state index contributed by atoms with van der Waals surface area (Å²) in [5.41, 5.74) is 9.14. The van der Waals surface area contributed by atoms with Gasteiger partial charge in [0.15, 0.2) is 0 Å². The molecule has 0 unspecified atom stereocenters. The second-order valence-electron chi connectivity index (χ2n) is 8.33. The summed E-state index contributed by atoms with van der Waals surface area (Å²) < 4.78 is 6.50. The topological polar surface area (TPSA) is 13.1 Å². The molecule has 2 heteroatoms. The molecule has 1 nitrogen and oxygen atoms in total. The molecule has 1 aliphatic rings. The zero-order valence-electron chi connectivity index (χ0n) is 16.3. The number of fused-ring (bicyclic) bond motifs is 7. The summed E-state index contributed by atoms with van der Waals surface area (Å²) in [5.74, 6) is 0. The molecule has 0 fully saturated rings. The maximum atomic E-state index is 6.50. The first-order chi connectivity index (χ1) is 14.1. The minimum absolute atomic E-state index is 0.147. The molecule has 6 rings (SSSR count). The van der Waals surface area contributed by atoms with E-state index >= 15 is 0 Å². The van der Waals surface area contributed by atoms with Gasteiger partial charge in [-0.3, -0.25) is 0 Å². The summed E-state index contributed by atoms with van der Waals surface area (Å²) in [5, 5.41) is 3.11. The third kappa shape index (κ3) is 2.22. The Kier molecular flexibility index (Phi) is 3.34. The Morgan fingerprint density at radius 3 is 2.34 bits per heavy atom. The molecule has 1 heterocycles. The smallest absolute Gasteiger partial charge is 0.144 e. The average molecular weight is 395 g/mol. The molecule has 29 heavy (non-hydrogen) atoms. The van der Waals surface area contributed by atoms with Gasteiger partial charge in [0.2, 0.25) is 0 Å². The summed E-state index contributed by atoms with van der Waals surface area (Å²) in [7, 11) is 0. The van der Waals surface area contributed by atoms with E-state index in [-0.39, 0.29) is 5.41 Å². The molecule has 0 spiro atoms. The molecule has 0 N–H and O–H groups in total. The Hall–Kier alpha value is -3.03. The Balaban J connectivity index is 1.84. The van der Waals surface area contributed by atoms with Crippen LogP contribution in [-0.2, 0) is 5.41 Å². The lowest BCUT2D eigenvalue weighted by atomic mass is 9.81. The van der Waals surface area contributed by atoms with Gasteiger partial charge in [-0.1, -0.05) is 80.0 Å². The number of hydrogen-bond acceptors (Lipinski definition) is 1. The van der Waals surface area contributed by atoms with Crippen molar-refractivity contribution in [2.75, 3.05) is 0 Å². The SMILES string of the molecule is CC1(C)c2cc(Cl)ccc2-c2c1cc(-c1ccccc1)c1c2oc2ccccc21.